The zero-order chi connectivity index (χ0) is 11.7. The Morgan fingerprint density at radius 3 is 2.75 bits per heavy atom. The molecule has 0 bridgehead atoms. The monoisotopic (exact) mass is 236 g/mol. The number of nitrogens with zero attached hydrogens (tertiary/aromatic N) is 1. The smallest absolute Gasteiger partial charge is 0.139 e. The average Bonchev–Trinajstić information content (AvgIpc) is 2.29. The van der Waals surface area contributed by atoms with Crippen LogP contribution in [0.15, 0.2) is 18.2 Å². The van der Waals surface area contributed by atoms with Gasteiger partial charge in [0.05, 0.1) is 17.6 Å². The molecule has 0 radical (unpaired) electrons. The van der Waals surface area contributed by atoms with Crippen molar-refractivity contribution in [2.75, 3.05) is 12.8 Å². The highest BCUT2D eigenvalue weighted by atomic mass is 35.5. The Hall–Kier alpha value is -1.48. The number of nitrogen functional groups attached to an aromatic ring is 1. The average molecular weight is 237 g/mol. The fourth-order valence-electron chi connectivity index (χ4n) is 1.65. The highest BCUT2D eigenvalue weighted by Gasteiger charge is 2.07. The van der Waals surface area contributed by atoms with E-state index in [1.54, 1.807) is 13.2 Å². The van der Waals surface area contributed by atoms with Gasteiger partial charge in [-0.2, -0.15) is 0 Å². The predicted octanol–water partition coefficient (Wildman–Crippen LogP) is 3.04. The summed E-state index contributed by atoms with van der Waals surface area (Å²) in [6.07, 6.45) is 0.852. The summed E-state index contributed by atoms with van der Waals surface area (Å²) in [5.41, 5.74) is 8.44. The van der Waals surface area contributed by atoms with Gasteiger partial charge in [0.15, 0.2) is 0 Å². The maximum Gasteiger partial charge on any atom is 0.139 e. The number of rotatable bonds is 2. The van der Waals surface area contributed by atoms with Crippen molar-refractivity contribution in [3.63, 3.8) is 0 Å². The maximum atomic E-state index is 6.04. The molecule has 1 aromatic carbocycles. The van der Waals surface area contributed by atoms with Gasteiger partial charge in [0.2, 0.25) is 0 Å². The first-order valence-corrected chi connectivity index (χ1v) is 5.46. The second-order valence-corrected chi connectivity index (χ2v) is 3.97. The SMILES string of the molecule is CCc1cc(N)c2cc(Cl)c(OC)cc2n1. The summed E-state index contributed by atoms with van der Waals surface area (Å²) in [5, 5.41) is 1.41. The Kier molecular flexibility index (Phi) is 2.88. The highest BCUT2D eigenvalue weighted by molar-refractivity contribution is 6.33. The second kappa shape index (κ2) is 4.18. The van der Waals surface area contributed by atoms with Crippen molar-refractivity contribution >= 4 is 28.2 Å². The molecule has 1 heterocycles. The molecule has 2 N–H and O–H groups in total. The van der Waals surface area contributed by atoms with E-state index in [0.717, 1.165) is 23.0 Å². The Balaban J connectivity index is 2.75. The number of hydrogen-bond acceptors (Lipinski definition) is 3. The van der Waals surface area contributed by atoms with E-state index in [2.05, 4.69) is 4.98 Å². The van der Waals surface area contributed by atoms with Crippen LogP contribution in [0.5, 0.6) is 5.75 Å². The van der Waals surface area contributed by atoms with E-state index in [9.17, 15) is 0 Å². The summed E-state index contributed by atoms with van der Waals surface area (Å²) in [6.45, 7) is 2.04. The standard InChI is InChI=1S/C12H13ClN2O/c1-3-7-4-10(14)8-5-9(13)12(16-2)6-11(8)15-7/h4-6H,3H2,1-2H3,(H2,14,15). The molecule has 0 saturated heterocycles. The molecule has 4 heteroatoms. The molecular weight excluding hydrogens is 224 g/mol. The lowest BCUT2D eigenvalue weighted by atomic mass is 10.1. The van der Waals surface area contributed by atoms with Gasteiger partial charge in [0.1, 0.15) is 5.75 Å². The van der Waals surface area contributed by atoms with Crippen molar-refractivity contribution in [3.05, 3.63) is 28.9 Å². The fraction of sp³-hybridized carbons (Fsp3) is 0.250. The van der Waals surface area contributed by atoms with Gasteiger partial charge in [-0.15, -0.1) is 0 Å². The number of aryl methyl sites for hydroxylation is 1. The van der Waals surface area contributed by atoms with Crippen molar-refractivity contribution in [1.82, 2.24) is 4.98 Å². The van der Waals surface area contributed by atoms with Crippen LogP contribution in [0.2, 0.25) is 5.02 Å². The lowest BCUT2D eigenvalue weighted by Crippen LogP contribution is -1.95. The Morgan fingerprint density at radius 2 is 2.12 bits per heavy atom. The van der Waals surface area contributed by atoms with Crippen molar-refractivity contribution in [2.24, 2.45) is 0 Å². The topological polar surface area (TPSA) is 48.1 Å². The van der Waals surface area contributed by atoms with E-state index in [4.69, 9.17) is 22.1 Å². The largest absolute Gasteiger partial charge is 0.495 e. The quantitative estimate of drug-likeness (QED) is 0.872. The van der Waals surface area contributed by atoms with Crippen LogP contribution in [-0.4, -0.2) is 12.1 Å². The number of halogens is 1. The number of hydrogen-bond donors (Lipinski definition) is 1. The van der Waals surface area contributed by atoms with Gasteiger partial charge in [-0.1, -0.05) is 18.5 Å². The minimum absolute atomic E-state index is 0.549. The van der Waals surface area contributed by atoms with Crippen LogP contribution in [-0.2, 0) is 6.42 Å². The van der Waals surface area contributed by atoms with Gasteiger partial charge in [-0.3, -0.25) is 4.98 Å². The van der Waals surface area contributed by atoms with E-state index in [-0.39, 0.29) is 0 Å². The maximum absolute atomic E-state index is 6.04. The molecule has 0 aliphatic heterocycles. The summed E-state index contributed by atoms with van der Waals surface area (Å²) >= 11 is 6.04. The number of fused-ring (bicyclic) bond motifs is 1. The molecule has 0 saturated carbocycles. The number of nitrogens with two attached hydrogens (primary N) is 1. The van der Waals surface area contributed by atoms with Gasteiger partial charge < -0.3 is 10.5 Å². The zero-order valence-electron chi connectivity index (χ0n) is 9.25. The van der Waals surface area contributed by atoms with Gasteiger partial charge in [-0.05, 0) is 18.6 Å². The Labute approximate surface area is 99.2 Å². The van der Waals surface area contributed by atoms with E-state index >= 15 is 0 Å². The lowest BCUT2D eigenvalue weighted by Gasteiger charge is -2.08. The van der Waals surface area contributed by atoms with Crippen molar-refractivity contribution in [2.45, 2.75) is 13.3 Å². The third kappa shape index (κ3) is 1.78. The van der Waals surface area contributed by atoms with Crippen molar-refractivity contribution in [3.8, 4) is 5.75 Å². The van der Waals surface area contributed by atoms with Gasteiger partial charge in [0.25, 0.3) is 0 Å². The number of aromatic nitrogens is 1. The predicted molar refractivity (Wildman–Crippen MR) is 67.1 cm³/mol. The molecule has 0 unspecified atom stereocenters. The van der Waals surface area contributed by atoms with E-state index < -0.39 is 0 Å². The van der Waals surface area contributed by atoms with Crippen LogP contribution >= 0.6 is 11.6 Å². The molecular formula is C12H13ClN2O. The molecule has 3 nitrogen and oxygen atoms in total. The summed E-state index contributed by atoms with van der Waals surface area (Å²) in [7, 11) is 1.58. The minimum Gasteiger partial charge on any atom is -0.495 e. The third-order valence-corrected chi connectivity index (χ3v) is 2.82. The lowest BCUT2D eigenvalue weighted by molar-refractivity contribution is 0.415. The Morgan fingerprint density at radius 1 is 1.38 bits per heavy atom. The van der Waals surface area contributed by atoms with Crippen LogP contribution in [0, 0.1) is 0 Å². The first-order chi connectivity index (χ1) is 7.65. The first-order valence-electron chi connectivity index (χ1n) is 5.08. The molecule has 0 amide bonds. The number of methoxy groups -OCH3 is 1. The molecule has 84 valence electrons. The molecule has 1 aromatic heterocycles. The van der Waals surface area contributed by atoms with E-state index in [1.165, 1.54) is 0 Å². The van der Waals surface area contributed by atoms with Crippen molar-refractivity contribution < 1.29 is 4.74 Å². The Bertz CT molecular complexity index is 540. The molecule has 0 aliphatic rings. The molecule has 0 aliphatic carbocycles. The normalized spacial score (nSPS) is 10.7. The molecule has 0 spiro atoms. The van der Waals surface area contributed by atoms with E-state index in [1.807, 2.05) is 19.1 Å². The number of ether oxygens (including phenoxy) is 1. The summed E-state index contributed by atoms with van der Waals surface area (Å²) in [4.78, 5) is 4.49. The van der Waals surface area contributed by atoms with Crippen LogP contribution in [0.1, 0.15) is 12.6 Å². The van der Waals surface area contributed by atoms with Gasteiger partial charge in [-0.25, -0.2) is 0 Å². The molecule has 0 atom stereocenters. The summed E-state index contributed by atoms with van der Waals surface area (Å²) < 4.78 is 5.15. The number of pyridine rings is 1. The molecule has 2 aromatic rings. The highest BCUT2D eigenvalue weighted by Crippen LogP contribution is 2.31. The third-order valence-electron chi connectivity index (χ3n) is 2.53. The van der Waals surface area contributed by atoms with Crippen LogP contribution < -0.4 is 10.5 Å². The second-order valence-electron chi connectivity index (χ2n) is 3.56. The first kappa shape index (κ1) is 11.0. The molecule has 0 fully saturated rings. The van der Waals surface area contributed by atoms with Gasteiger partial charge in [0, 0.05) is 22.8 Å². The zero-order valence-corrected chi connectivity index (χ0v) is 10.0. The van der Waals surface area contributed by atoms with Crippen LogP contribution in [0.25, 0.3) is 10.9 Å². The van der Waals surface area contributed by atoms with Crippen LogP contribution in [0.3, 0.4) is 0 Å². The number of anilines is 1. The van der Waals surface area contributed by atoms with Gasteiger partial charge >= 0.3 is 0 Å². The van der Waals surface area contributed by atoms with Crippen LogP contribution in [0.4, 0.5) is 5.69 Å². The molecule has 2 rings (SSSR count). The minimum atomic E-state index is 0.549. The summed E-state index contributed by atoms with van der Waals surface area (Å²) in [6, 6.07) is 5.48. The number of benzene rings is 1. The van der Waals surface area contributed by atoms with Crippen molar-refractivity contribution in [1.29, 1.82) is 0 Å². The summed E-state index contributed by atoms with van der Waals surface area (Å²) in [5.74, 6) is 0.620. The molecule has 16 heavy (non-hydrogen) atoms. The fourth-order valence-corrected chi connectivity index (χ4v) is 1.89. The van der Waals surface area contributed by atoms with E-state index in [0.29, 0.717) is 16.5 Å².